The minimum atomic E-state index is -0.0921. The van der Waals surface area contributed by atoms with E-state index in [0.29, 0.717) is 30.4 Å². The van der Waals surface area contributed by atoms with Crippen molar-refractivity contribution in [1.29, 1.82) is 0 Å². The number of carbonyl (C=O) groups excluding carboxylic acids is 2. The Labute approximate surface area is 171 Å². The number of amides is 2. The second kappa shape index (κ2) is 8.80. The average Bonchev–Trinajstić information content (AvgIpc) is 3.16. The lowest BCUT2D eigenvalue weighted by Crippen LogP contribution is -2.48. The lowest BCUT2D eigenvalue weighted by Gasteiger charge is -2.33. The normalized spacial score (nSPS) is 18.6. The van der Waals surface area contributed by atoms with Crippen molar-refractivity contribution in [2.24, 2.45) is 5.92 Å². The Balaban J connectivity index is 1.33. The van der Waals surface area contributed by atoms with Gasteiger partial charge in [-0.3, -0.25) is 9.59 Å². The highest BCUT2D eigenvalue weighted by atomic mass is 16.4. The van der Waals surface area contributed by atoms with E-state index in [1.165, 1.54) is 6.42 Å². The van der Waals surface area contributed by atoms with Crippen molar-refractivity contribution in [1.82, 2.24) is 15.2 Å². The van der Waals surface area contributed by atoms with Gasteiger partial charge in [0, 0.05) is 30.6 Å². The first-order valence-electron chi connectivity index (χ1n) is 10.7. The molecule has 0 bridgehead atoms. The van der Waals surface area contributed by atoms with Crippen molar-refractivity contribution in [3.05, 3.63) is 41.8 Å². The molecule has 29 heavy (non-hydrogen) atoms. The van der Waals surface area contributed by atoms with Crippen LogP contribution < -0.4 is 5.32 Å². The minimum Gasteiger partial charge on any atom is -0.441 e. The molecule has 0 unspecified atom stereocenters. The van der Waals surface area contributed by atoms with Crippen LogP contribution in [0.2, 0.25) is 0 Å². The van der Waals surface area contributed by atoms with Gasteiger partial charge < -0.3 is 14.6 Å². The number of hydrogen-bond donors (Lipinski definition) is 1. The first-order chi connectivity index (χ1) is 14.1. The van der Waals surface area contributed by atoms with E-state index >= 15 is 0 Å². The molecule has 0 spiro atoms. The number of benzene rings is 1. The zero-order chi connectivity index (χ0) is 20.2. The molecule has 6 nitrogen and oxygen atoms in total. The summed E-state index contributed by atoms with van der Waals surface area (Å²) in [7, 11) is 0. The molecule has 0 atom stereocenters. The number of rotatable bonds is 4. The summed E-state index contributed by atoms with van der Waals surface area (Å²) in [5.41, 5.74) is 1.24. The van der Waals surface area contributed by atoms with Gasteiger partial charge in [0.1, 0.15) is 5.76 Å². The topological polar surface area (TPSA) is 75.4 Å². The van der Waals surface area contributed by atoms with Crippen molar-refractivity contribution in [2.45, 2.75) is 57.9 Å². The number of likely N-dealkylation sites (tertiary alicyclic amines) is 1. The molecular formula is C23H29N3O3. The van der Waals surface area contributed by atoms with E-state index in [4.69, 9.17) is 4.42 Å². The zero-order valence-corrected chi connectivity index (χ0v) is 17.0. The molecule has 1 N–H and O–H groups in total. The monoisotopic (exact) mass is 395 g/mol. The van der Waals surface area contributed by atoms with E-state index in [2.05, 4.69) is 10.3 Å². The van der Waals surface area contributed by atoms with Crippen LogP contribution in [-0.2, 0) is 4.79 Å². The summed E-state index contributed by atoms with van der Waals surface area (Å²) in [6.07, 6.45) is 7.16. The fraction of sp³-hybridized carbons (Fsp3) is 0.522. The third-order valence-corrected chi connectivity index (χ3v) is 6.12. The van der Waals surface area contributed by atoms with Gasteiger partial charge in [-0.25, -0.2) is 4.98 Å². The molecule has 2 fully saturated rings. The van der Waals surface area contributed by atoms with Gasteiger partial charge in [0.25, 0.3) is 5.91 Å². The van der Waals surface area contributed by atoms with E-state index < -0.39 is 0 Å². The molecule has 0 radical (unpaired) electrons. The Morgan fingerprint density at radius 3 is 2.41 bits per heavy atom. The highest BCUT2D eigenvalue weighted by Gasteiger charge is 2.29. The molecule has 1 aromatic carbocycles. The van der Waals surface area contributed by atoms with Crippen LogP contribution >= 0.6 is 0 Å². The van der Waals surface area contributed by atoms with E-state index in [9.17, 15) is 9.59 Å². The predicted molar refractivity (Wildman–Crippen MR) is 110 cm³/mol. The van der Waals surface area contributed by atoms with Gasteiger partial charge in [-0.05, 0) is 44.7 Å². The zero-order valence-electron chi connectivity index (χ0n) is 17.0. The Morgan fingerprint density at radius 1 is 1.03 bits per heavy atom. The second-order valence-electron chi connectivity index (χ2n) is 8.20. The summed E-state index contributed by atoms with van der Waals surface area (Å²) in [4.78, 5) is 31.7. The quantitative estimate of drug-likeness (QED) is 0.850. The van der Waals surface area contributed by atoms with Crippen molar-refractivity contribution in [3.8, 4) is 11.5 Å². The van der Waals surface area contributed by atoms with Gasteiger partial charge in [-0.15, -0.1) is 0 Å². The van der Waals surface area contributed by atoms with Crippen molar-refractivity contribution in [2.75, 3.05) is 13.1 Å². The molecule has 1 saturated carbocycles. The third-order valence-electron chi connectivity index (χ3n) is 6.12. The number of oxazole rings is 1. The number of piperidine rings is 1. The molecule has 4 rings (SSSR count). The fourth-order valence-corrected chi connectivity index (χ4v) is 4.36. The Morgan fingerprint density at radius 2 is 1.72 bits per heavy atom. The maximum Gasteiger partial charge on any atom is 0.276 e. The van der Waals surface area contributed by atoms with Crippen LogP contribution in [0, 0.1) is 12.8 Å². The number of nitrogens with zero attached hydrogens (tertiary/aromatic N) is 2. The Hall–Kier alpha value is -2.63. The largest absolute Gasteiger partial charge is 0.441 e. The van der Waals surface area contributed by atoms with Crippen molar-refractivity contribution >= 4 is 11.8 Å². The smallest absolute Gasteiger partial charge is 0.276 e. The molecule has 1 aliphatic heterocycles. The molecule has 2 heterocycles. The average molecular weight is 396 g/mol. The molecule has 1 saturated heterocycles. The molecule has 2 aromatic rings. The molecule has 154 valence electrons. The molecule has 6 heteroatoms. The SMILES string of the molecule is Cc1oc(-c2ccccc2)nc1C(=O)N1CCC(NC(=O)C2CCCCC2)CC1. The van der Waals surface area contributed by atoms with Crippen LogP contribution in [0.4, 0.5) is 0 Å². The lowest BCUT2D eigenvalue weighted by atomic mass is 9.88. The number of aryl methyl sites for hydroxylation is 1. The number of hydrogen-bond acceptors (Lipinski definition) is 4. The summed E-state index contributed by atoms with van der Waals surface area (Å²) in [6, 6.07) is 9.76. The fourth-order valence-electron chi connectivity index (χ4n) is 4.36. The van der Waals surface area contributed by atoms with E-state index in [-0.39, 0.29) is 23.8 Å². The minimum absolute atomic E-state index is 0.0921. The first kappa shape index (κ1) is 19.7. The summed E-state index contributed by atoms with van der Waals surface area (Å²) in [6.45, 7) is 3.03. The molecule has 2 aliphatic rings. The van der Waals surface area contributed by atoms with Crippen LogP contribution in [0.3, 0.4) is 0 Å². The van der Waals surface area contributed by atoms with E-state index in [1.807, 2.05) is 35.2 Å². The van der Waals surface area contributed by atoms with Gasteiger partial charge in [0.2, 0.25) is 11.8 Å². The summed E-state index contributed by atoms with van der Waals surface area (Å²) in [5.74, 6) is 1.31. The van der Waals surface area contributed by atoms with Crippen molar-refractivity contribution < 1.29 is 14.0 Å². The highest BCUT2D eigenvalue weighted by molar-refractivity contribution is 5.93. The molecule has 2 amide bonds. The van der Waals surface area contributed by atoms with Crippen molar-refractivity contribution in [3.63, 3.8) is 0 Å². The maximum absolute atomic E-state index is 13.0. The number of aromatic nitrogens is 1. The Bertz CT molecular complexity index is 848. The lowest BCUT2D eigenvalue weighted by molar-refractivity contribution is -0.126. The second-order valence-corrected chi connectivity index (χ2v) is 8.20. The first-order valence-corrected chi connectivity index (χ1v) is 10.7. The van der Waals surface area contributed by atoms with Gasteiger partial charge in [0.15, 0.2) is 5.69 Å². The van der Waals surface area contributed by atoms with Gasteiger partial charge in [-0.2, -0.15) is 0 Å². The number of nitrogens with one attached hydrogen (secondary N) is 1. The summed E-state index contributed by atoms with van der Waals surface area (Å²) >= 11 is 0. The van der Waals surface area contributed by atoms with Gasteiger partial charge in [0.05, 0.1) is 0 Å². The predicted octanol–water partition coefficient (Wildman–Crippen LogP) is 3.95. The van der Waals surface area contributed by atoms with Crippen LogP contribution in [0.15, 0.2) is 34.7 Å². The van der Waals surface area contributed by atoms with Crippen LogP contribution in [0.5, 0.6) is 0 Å². The van der Waals surface area contributed by atoms with E-state index in [0.717, 1.165) is 44.1 Å². The summed E-state index contributed by atoms with van der Waals surface area (Å²) < 4.78 is 5.74. The van der Waals surface area contributed by atoms with Gasteiger partial charge in [-0.1, -0.05) is 37.5 Å². The Kier molecular flexibility index (Phi) is 5.97. The van der Waals surface area contributed by atoms with Crippen LogP contribution in [0.25, 0.3) is 11.5 Å². The number of carbonyl (C=O) groups is 2. The standard InChI is InChI=1S/C23H29N3O3/c1-16-20(25-22(29-16)18-10-6-3-7-11-18)23(28)26-14-12-19(13-15-26)24-21(27)17-8-4-2-5-9-17/h3,6-7,10-11,17,19H,2,4-5,8-9,12-15H2,1H3,(H,24,27). The molecule has 1 aromatic heterocycles. The van der Waals surface area contributed by atoms with Crippen LogP contribution in [0.1, 0.15) is 61.2 Å². The van der Waals surface area contributed by atoms with E-state index in [1.54, 1.807) is 6.92 Å². The van der Waals surface area contributed by atoms with Crippen LogP contribution in [-0.4, -0.2) is 40.8 Å². The summed E-state index contributed by atoms with van der Waals surface area (Å²) in [5, 5.41) is 3.21. The maximum atomic E-state index is 13.0. The highest BCUT2D eigenvalue weighted by Crippen LogP contribution is 2.25. The molecule has 1 aliphatic carbocycles. The third kappa shape index (κ3) is 4.52. The van der Waals surface area contributed by atoms with Gasteiger partial charge >= 0.3 is 0 Å². The molecular weight excluding hydrogens is 366 g/mol.